The average molecular weight is 451 g/mol. The lowest BCUT2D eigenvalue weighted by Gasteiger charge is -2.29. The largest absolute Gasteiger partial charge is 0.497 e. The van der Waals surface area contributed by atoms with E-state index in [1.807, 2.05) is 42.5 Å². The fraction of sp³-hybridized carbons (Fsp3) is 0.407. The van der Waals surface area contributed by atoms with Gasteiger partial charge < -0.3 is 19.7 Å². The molecule has 0 heterocycles. The lowest BCUT2D eigenvalue weighted by atomic mass is 9.97. The third-order valence-electron chi connectivity index (χ3n) is 5.92. The Balaban J connectivity index is 1.63. The van der Waals surface area contributed by atoms with Gasteiger partial charge in [-0.1, -0.05) is 42.0 Å². The van der Waals surface area contributed by atoms with Gasteiger partial charge in [0.1, 0.15) is 17.5 Å². The first-order chi connectivity index (χ1) is 16.1. The minimum Gasteiger partial charge on any atom is -0.497 e. The van der Waals surface area contributed by atoms with E-state index in [9.17, 15) is 9.59 Å². The summed E-state index contributed by atoms with van der Waals surface area (Å²) in [5.74, 6) is 0.959. The molecule has 0 saturated heterocycles. The molecular weight excluding hydrogens is 416 g/mol. The summed E-state index contributed by atoms with van der Waals surface area (Å²) in [6, 6.07) is 16.1. The summed E-state index contributed by atoms with van der Waals surface area (Å²) in [4.78, 5) is 27.6. The quantitative estimate of drug-likeness (QED) is 0.512. The highest BCUT2D eigenvalue weighted by Gasteiger charge is 2.26. The van der Waals surface area contributed by atoms with E-state index in [1.54, 1.807) is 31.1 Å². The van der Waals surface area contributed by atoms with Gasteiger partial charge in [-0.3, -0.25) is 9.59 Å². The second-order valence-corrected chi connectivity index (χ2v) is 8.30. The van der Waals surface area contributed by atoms with E-state index in [4.69, 9.17) is 9.47 Å². The van der Waals surface area contributed by atoms with Crippen molar-refractivity contribution in [3.63, 3.8) is 0 Å². The molecule has 0 aromatic heterocycles. The molecule has 1 unspecified atom stereocenters. The maximum absolute atomic E-state index is 13.1. The number of ether oxygens (including phenoxy) is 2. The van der Waals surface area contributed by atoms with Gasteiger partial charge in [-0.2, -0.15) is 0 Å². The molecule has 2 aromatic carbocycles. The number of hydrogen-bond donors (Lipinski definition) is 1. The molecule has 0 saturated carbocycles. The first-order valence-corrected chi connectivity index (χ1v) is 11.6. The molecule has 1 N–H and O–H groups in total. The molecule has 0 fully saturated rings. The number of allylic oxidation sites excluding steroid dienone is 1. The van der Waals surface area contributed by atoms with Gasteiger partial charge in [-0.05, 0) is 68.9 Å². The van der Waals surface area contributed by atoms with Crippen LogP contribution in [0.2, 0.25) is 0 Å². The van der Waals surface area contributed by atoms with Gasteiger partial charge in [0.2, 0.25) is 5.91 Å². The second kappa shape index (κ2) is 12.7. The lowest BCUT2D eigenvalue weighted by Crippen LogP contribution is -2.49. The number of carbonyl (C=O) groups is 2. The van der Waals surface area contributed by atoms with Gasteiger partial charge in [0.15, 0.2) is 6.61 Å². The molecule has 176 valence electrons. The van der Waals surface area contributed by atoms with Crippen LogP contribution in [-0.2, 0) is 16.1 Å². The van der Waals surface area contributed by atoms with Crippen molar-refractivity contribution < 1.29 is 19.1 Å². The third kappa shape index (κ3) is 7.67. The van der Waals surface area contributed by atoms with Crippen molar-refractivity contribution in [2.45, 2.75) is 51.6 Å². The zero-order valence-corrected chi connectivity index (χ0v) is 19.6. The van der Waals surface area contributed by atoms with E-state index < -0.39 is 6.04 Å². The van der Waals surface area contributed by atoms with E-state index in [1.165, 1.54) is 18.4 Å². The highest BCUT2D eigenvalue weighted by atomic mass is 16.5. The van der Waals surface area contributed by atoms with Gasteiger partial charge in [0.25, 0.3) is 5.91 Å². The highest BCUT2D eigenvalue weighted by molar-refractivity contribution is 5.88. The number of carbonyl (C=O) groups excluding carboxylic acids is 2. The number of nitrogens with one attached hydrogen (secondary N) is 1. The van der Waals surface area contributed by atoms with E-state index in [2.05, 4.69) is 11.4 Å². The molecule has 0 bridgehead atoms. The summed E-state index contributed by atoms with van der Waals surface area (Å²) in [7, 11) is 1.61. The zero-order valence-electron chi connectivity index (χ0n) is 19.6. The van der Waals surface area contributed by atoms with Crippen LogP contribution in [0.5, 0.6) is 11.5 Å². The molecule has 0 spiro atoms. The maximum atomic E-state index is 13.1. The van der Waals surface area contributed by atoms with Crippen molar-refractivity contribution in [1.29, 1.82) is 0 Å². The Morgan fingerprint density at radius 1 is 1.03 bits per heavy atom. The van der Waals surface area contributed by atoms with Gasteiger partial charge in [0, 0.05) is 13.1 Å². The maximum Gasteiger partial charge on any atom is 0.261 e. The fourth-order valence-electron chi connectivity index (χ4n) is 3.88. The van der Waals surface area contributed by atoms with Gasteiger partial charge in [0.05, 0.1) is 7.11 Å². The zero-order chi connectivity index (χ0) is 23.5. The van der Waals surface area contributed by atoms with Crippen molar-refractivity contribution in [3.05, 3.63) is 71.8 Å². The van der Waals surface area contributed by atoms with Crippen LogP contribution in [0.4, 0.5) is 0 Å². The number of amides is 2. The highest BCUT2D eigenvalue weighted by Crippen LogP contribution is 2.20. The van der Waals surface area contributed by atoms with E-state index >= 15 is 0 Å². The average Bonchev–Trinajstić information content (AvgIpc) is 2.87. The summed E-state index contributed by atoms with van der Waals surface area (Å²) >= 11 is 0. The molecule has 33 heavy (non-hydrogen) atoms. The summed E-state index contributed by atoms with van der Waals surface area (Å²) in [6.45, 7) is 2.52. The molecule has 1 atom stereocenters. The fourth-order valence-corrected chi connectivity index (χ4v) is 3.88. The molecular formula is C27H34N2O4. The smallest absolute Gasteiger partial charge is 0.261 e. The van der Waals surface area contributed by atoms with Gasteiger partial charge in [-0.15, -0.1) is 0 Å². The standard InChI is InChI=1S/C27H34N2O4/c1-21(27(31)28-18-17-22-9-5-3-6-10-22)29(19-23-13-15-24(32-2)16-14-23)26(30)20-33-25-11-7-4-8-12-25/h4,7-9,11-16,21H,3,5-6,10,17-20H2,1-2H3,(H,28,31). The first-order valence-electron chi connectivity index (χ1n) is 11.6. The van der Waals surface area contributed by atoms with Crippen molar-refractivity contribution >= 4 is 11.8 Å². The Hall–Kier alpha value is -3.28. The molecule has 2 amide bonds. The Morgan fingerprint density at radius 3 is 2.45 bits per heavy atom. The van der Waals surface area contributed by atoms with Crippen LogP contribution >= 0.6 is 0 Å². The van der Waals surface area contributed by atoms with Crippen LogP contribution in [0, 0.1) is 0 Å². The molecule has 0 aliphatic heterocycles. The predicted octanol–water partition coefficient (Wildman–Crippen LogP) is 4.50. The first kappa shape index (κ1) is 24.4. The summed E-state index contributed by atoms with van der Waals surface area (Å²) in [6.07, 6.45) is 7.87. The van der Waals surface area contributed by atoms with Crippen LogP contribution in [0.3, 0.4) is 0 Å². The molecule has 1 aliphatic carbocycles. The van der Waals surface area contributed by atoms with Gasteiger partial charge in [-0.25, -0.2) is 0 Å². The second-order valence-electron chi connectivity index (χ2n) is 8.30. The normalized spacial score (nSPS) is 14.1. The van der Waals surface area contributed by atoms with Crippen molar-refractivity contribution in [2.24, 2.45) is 0 Å². The molecule has 3 rings (SSSR count). The van der Waals surface area contributed by atoms with Crippen LogP contribution < -0.4 is 14.8 Å². The van der Waals surface area contributed by atoms with Crippen LogP contribution in [-0.4, -0.2) is 43.0 Å². The Bertz CT molecular complexity index is 925. The molecule has 2 aromatic rings. The minimum atomic E-state index is -0.626. The lowest BCUT2D eigenvalue weighted by molar-refractivity contribution is -0.142. The molecule has 1 aliphatic rings. The Morgan fingerprint density at radius 2 is 1.79 bits per heavy atom. The summed E-state index contributed by atoms with van der Waals surface area (Å²) < 4.78 is 10.9. The molecule has 0 radical (unpaired) electrons. The number of rotatable bonds is 11. The van der Waals surface area contributed by atoms with Crippen molar-refractivity contribution in [1.82, 2.24) is 10.2 Å². The van der Waals surface area contributed by atoms with Crippen molar-refractivity contribution in [2.75, 3.05) is 20.3 Å². The number of nitrogens with zero attached hydrogens (tertiary/aromatic N) is 1. The predicted molar refractivity (Wildman–Crippen MR) is 129 cm³/mol. The monoisotopic (exact) mass is 450 g/mol. The SMILES string of the molecule is COc1ccc(CN(C(=O)COc2ccccc2)C(C)C(=O)NCCC2=CCCCC2)cc1. The number of para-hydroxylation sites is 1. The number of benzene rings is 2. The summed E-state index contributed by atoms with van der Waals surface area (Å²) in [5.41, 5.74) is 2.33. The molecule has 6 nitrogen and oxygen atoms in total. The summed E-state index contributed by atoms with van der Waals surface area (Å²) in [5, 5.41) is 3.01. The van der Waals surface area contributed by atoms with E-state index in [0.717, 1.165) is 30.6 Å². The number of methoxy groups -OCH3 is 1. The molecule has 6 heteroatoms. The Kier molecular flexibility index (Phi) is 9.36. The minimum absolute atomic E-state index is 0.134. The number of hydrogen-bond acceptors (Lipinski definition) is 4. The van der Waals surface area contributed by atoms with E-state index in [0.29, 0.717) is 18.8 Å². The van der Waals surface area contributed by atoms with Gasteiger partial charge >= 0.3 is 0 Å². The van der Waals surface area contributed by atoms with Crippen LogP contribution in [0.15, 0.2) is 66.2 Å². The van der Waals surface area contributed by atoms with E-state index in [-0.39, 0.29) is 18.4 Å². The van der Waals surface area contributed by atoms with Crippen LogP contribution in [0.25, 0.3) is 0 Å². The van der Waals surface area contributed by atoms with Crippen LogP contribution in [0.1, 0.15) is 44.6 Å². The van der Waals surface area contributed by atoms with Crippen molar-refractivity contribution in [3.8, 4) is 11.5 Å². The topological polar surface area (TPSA) is 67.9 Å². The third-order valence-corrected chi connectivity index (χ3v) is 5.92. The Labute approximate surface area is 196 Å².